The van der Waals surface area contributed by atoms with E-state index in [1.54, 1.807) is 24.3 Å². The number of thiocarbonyl (C=S) groups is 1. The van der Waals surface area contributed by atoms with Gasteiger partial charge in [0.15, 0.2) is 5.11 Å². The number of hydrogen-bond acceptors (Lipinski definition) is 3. The Morgan fingerprint density at radius 1 is 0.917 bits per heavy atom. The van der Waals surface area contributed by atoms with Crippen LogP contribution in [0.25, 0.3) is 0 Å². The first-order valence-corrected chi connectivity index (χ1v) is 7.83. The van der Waals surface area contributed by atoms with Crippen molar-refractivity contribution in [3.63, 3.8) is 0 Å². The van der Waals surface area contributed by atoms with Crippen molar-refractivity contribution in [3.8, 4) is 0 Å². The van der Waals surface area contributed by atoms with Gasteiger partial charge in [0, 0.05) is 23.9 Å². The summed E-state index contributed by atoms with van der Waals surface area (Å²) in [6.07, 6.45) is 0. The number of nitrogens with one attached hydrogen (secondary N) is 3. The van der Waals surface area contributed by atoms with Crippen LogP contribution in [-0.4, -0.2) is 16.9 Å². The molecular weight excluding hydrogens is 322 g/mol. The Kier molecular flexibility index (Phi) is 5.65. The monoisotopic (exact) mass is 341 g/mol. The van der Waals surface area contributed by atoms with Crippen LogP contribution in [0.3, 0.4) is 0 Å². The minimum Gasteiger partial charge on any atom is -0.332 e. The fraction of sp³-hybridized carbons (Fsp3) is 0.167. The lowest BCUT2D eigenvalue weighted by Crippen LogP contribution is -2.32. The van der Waals surface area contributed by atoms with Crippen LogP contribution in [0.1, 0.15) is 28.4 Å². The molecule has 3 N–H and O–H groups in total. The van der Waals surface area contributed by atoms with Crippen LogP contribution in [-0.2, 0) is 4.79 Å². The molecule has 2 aromatic rings. The van der Waals surface area contributed by atoms with E-state index in [4.69, 9.17) is 12.2 Å². The Balaban J connectivity index is 2.02. The second-order valence-corrected chi connectivity index (χ2v) is 5.89. The maximum absolute atomic E-state index is 12.3. The molecule has 0 heterocycles. The molecule has 0 saturated carbocycles. The molecule has 0 radical (unpaired) electrons. The second kappa shape index (κ2) is 7.70. The Labute approximate surface area is 146 Å². The van der Waals surface area contributed by atoms with Crippen LogP contribution in [0.15, 0.2) is 42.5 Å². The fourth-order valence-electron chi connectivity index (χ4n) is 2.23. The molecule has 0 fully saturated rings. The van der Waals surface area contributed by atoms with Gasteiger partial charge in [0.1, 0.15) is 0 Å². The van der Waals surface area contributed by atoms with E-state index < -0.39 is 0 Å². The molecule has 2 rings (SSSR count). The molecule has 2 aromatic carbocycles. The summed E-state index contributed by atoms with van der Waals surface area (Å²) in [6, 6.07) is 12.8. The highest BCUT2D eigenvalue weighted by Crippen LogP contribution is 2.16. The normalized spacial score (nSPS) is 9.96. The molecule has 0 atom stereocenters. The molecule has 6 heteroatoms. The first kappa shape index (κ1) is 17.6. The van der Waals surface area contributed by atoms with Crippen LogP contribution in [0, 0.1) is 13.8 Å². The van der Waals surface area contributed by atoms with Crippen LogP contribution in [0.5, 0.6) is 0 Å². The van der Waals surface area contributed by atoms with E-state index >= 15 is 0 Å². The first-order chi connectivity index (χ1) is 11.3. The Morgan fingerprint density at radius 3 is 2.04 bits per heavy atom. The predicted molar refractivity (Wildman–Crippen MR) is 100 cm³/mol. The van der Waals surface area contributed by atoms with Crippen LogP contribution >= 0.6 is 12.2 Å². The van der Waals surface area contributed by atoms with Gasteiger partial charge in [0.2, 0.25) is 5.91 Å². The zero-order chi connectivity index (χ0) is 17.7. The predicted octanol–water partition coefficient (Wildman–Crippen LogP) is 3.39. The maximum Gasteiger partial charge on any atom is 0.255 e. The van der Waals surface area contributed by atoms with Crippen molar-refractivity contribution in [1.29, 1.82) is 0 Å². The molecule has 5 nitrogen and oxygen atoms in total. The molecule has 124 valence electrons. The van der Waals surface area contributed by atoms with E-state index in [9.17, 15) is 9.59 Å². The molecule has 0 unspecified atom stereocenters. The lowest BCUT2D eigenvalue weighted by molar-refractivity contribution is -0.117. The number of rotatable bonds is 3. The lowest BCUT2D eigenvalue weighted by atomic mass is 10.1. The molecule has 0 aliphatic carbocycles. The van der Waals surface area contributed by atoms with Crippen molar-refractivity contribution in [1.82, 2.24) is 5.32 Å². The SMILES string of the molecule is CC(=O)NC(=S)Nc1ccc(NC(=O)c2ccc(C)cc2C)cc1. The fourth-order valence-corrected chi connectivity index (χ4v) is 2.49. The molecule has 2 amide bonds. The van der Waals surface area contributed by atoms with E-state index in [0.29, 0.717) is 11.3 Å². The smallest absolute Gasteiger partial charge is 0.255 e. The summed E-state index contributed by atoms with van der Waals surface area (Å²) < 4.78 is 0. The van der Waals surface area contributed by atoms with Gasteiger partial charge in [-0.1, -0.05) is 17.7 Å². The highest BCUT2D eigenvalue weighted by atomic mass is 32.1. The summed E-state index contributed by atoms with van der Waals surface area (Å²) in [4.78, 5) is 23.3. The van der Waals surface area contributed by atoms with Crippen molar-refractivity contribution in [2.45, 2.75) is 20.8 Å². The van der Waals surface area contributed by atoms with Crippen molar-refractivity contribution < 1.29 is 9.59 Å². The van der Waals surface area contributed by atoms with E-state index in [2.05, 4.69) is 16.0 Å². The zero-order valence-electron chi connectivity index (χ0n) is 13.8. The molecule has 0 aliphatic rings. The van der Waals surface area contributed by atoms with E-state index in [1.165, 1.54) is 6.92 Å². The van der Waals surface area contributed by atoms with Gasteiger partial charge in [-0.2, -0.15) is 0 Å². The topological polar surface area (TPSA) is 70.2 Å². The molecular formula is C18H19N3O2S. The van der Waals surface area contributed by atoms with Crippen LogP contribution in [0.4, 0.5) is 11.4 Å². The van der Waals surface area contributed by atoms with E-state index in [0.717, 1.165) is 16.8 Å². The molecule has 0 spiro atoms. The second-order valence-electron chi connectivity index (χ2n) is 5.49. The molecule has 24 heavy (non-hydrogen) atoms. The zero-order valence-corrected chi connectivity index (χ0v) is 14.6. The van der Waals surface area contributed by atoms with Crippen molar-refractivity contribution in [2.24, 2.45) is 0 Å². The molecule has 0 bridgehead atoms. The third-order valence-electron chi connectivity index (χ3n) is 3.32. The van der Waals surface area contributed by atoms with Gasteiger partial charge in [0.25, 0.3) is 5.91 Å². The van der Waals surface area contributed by atoms with Gasteiger partial charge >= 0.3 is 0 Å². The summed E-state index contributed by atoms with van der Waals surface area (Å²) in [7, 11) is 0. The van der Waals surface area contributed by atoms with Gasteiger partial charge in [-0.3, -0.25) is 9.59 Å². The number of hydrogen-bond donors (Lipinski definition) is 3. The number of benzene rings is 2. The highest BCUT2D eigenvalue weighted by molar-refractivity contribution is 7.80. The molecule has 0 saturated heterocycles. The van der Waals surface area contributed by atoms with Crippen LogP contribution in [0.2, 0.25) is 0 Å². The molecule has 0 aliphatic heterocycles. The minimum absolute atomic E-state index is 0.151. The number of amides is 2. The maximum atomic E-state index is 12.3. The summed E-state index contributed by atoms with van der Waals surface area (Å²) in [5.74, 6) is -0.383. The number of carbonyl (C=O) groups is 2. The van der Waals surface area contributed by atoms with Gasteiger partial charge in [-0.05, 0) is 62.0 Å². The summed E-state index contributed by atoms with van der Waals surface area (Å²) in [5, 5.41) is 8.46. The number of aryl methyl sites for hydroxylation is 2. The average molecular weight is 341 g/mol. The Morgan fingerprint density at radius 2 is 1.50 bits per heavy atom. The third-order valence-corrected chi connectivity index (χ3v) is 3.52. The van der Waals surface area contributed by atoms with Gasteiger partial charge in [-0.15, -0.1) is 0 Å². The lowest BCUT2D eigenvalue weighted by Gasteiger charge is -2.11. The van der Waals surface area contributed by atoms with E-state index in [1.807, 2.05) is 32.0 Å². The quantitative estimate of drug-likeness (QED) is 0.749. The van der Waals surface area contributed by atoms with Crippen molar-refractivity contribution >= 4 is 40.5 Å². The van der Waals surface area contributed by atoms with E-state index in [-0.39, 0.29) is 16.9 Å². The average Bonchev–Trinajstić information content (AvgIpc) is 2.48. The molecule has 0 aromatic heterocycles. The van der Waals surface area contributed by atoms with Crippen molar-refractivity contribution in [3.05, 3.63) is 59.2 Å². The highest BCUT2D eigenvalue weighted by Gasteiger charge is 2.09. The van der Waals surface area contributed by atoms with Gasteiger partial charge < -0.3 is 16.0 Å². The summed E-state index contributed by atoms with van der Waals surface area (Å²) in [6.45, 7) is 5.30. The Hall–Kier alpha value is -2.73. The third kappa shape index (κ3) is 4.89. The van der Waals surface area contributed by atoms with Gasteiger partial charge in [-0.25, -0.2) is 0 Å². The van der Waals surface area contributed by atoms with Crippen molar-refractivity contribution in [2.75, 3.05) is 10.6 Å². The minimum atomic E-state index is -0.232. The largest absolute Gasteiger partial charge is 0.332 e. The van der Waals surface area contributed by atoms with Gasteiger partial charge in [0.05, 0.1) is 0 Å². The summed E-state index contributed by atoms with van der Waals surface area (Å²) in [5.41, 5.74) is 4.10. The Bertz CT molecular complexity index is 785. The summed E-state index contributed by atoms with van der Waals surface area (Å²) >= 11 is 4.99. The standard InChI is InChI=1S/C18H19N3O2S/c1-11-4-9-16(12(2)10-11)17(23)20-14-5-7-15(8-6-14)21-18(24)19-13(3)22/h4-10H,1-3H3,(H,20,23)(H2,19,21,22,24). The first-order valence-electron chi connectivity index (χ1n) is 7.42. The number of carbonyl (C=O) groups excluding carboxylic acids is 2. The number of anilines is 2. The van der Waals surface area contributed by atoms with Crippen LogP contribution < -0.4 is 16.0 Å².